The van der Waals surface area contributed by atoms with Crippen molar-refractivity contribution in [2.45, 2.75) is 40.2 Å². The van der Waals surface area contributed by atoms with Crippen LogP contribution in [0.15, 0.2) is 112 Å². The fourth-order valence-corrected chi connectivity index (χ4v) is 17.9. The Morgan fingerprint density at radius 1 is 0.613 bits per heavy atom. The van der Waals surface area contributed by atoms with Crippen molar-refractivity contribution < 1.29 is 16.6 Å². The Morgan fingerprint density at radius 3 is 1.35 bits per heavy atom. The first-order valence-corrected chi connectivity index (χ1v) is 19.1. The van der Waals surface area contributed by atoms with Crippen molar-refractivity contribution in [1.82, 2.24) is 0 Å². The summed E-state index contributed by atoms with van der Waals surface area (Å²) in [6.07, 6.45) is 6.14. The summed E-state index contributed by atoms with van der Waals surface area (Å²) in [5.41, 5.74) is 4.55. The molecule has 0 saturated carbocycles. The van der Waals surface area contributed by atoms with E-state index < -0.39 is 24.7 Å². The summed E-state index contributed by atoms with van der Waals surface area (Å²) in [6, 6.07) is 33.9. The summed E-state index contributed by atoms with van der Waals surface area (Å²) in [6.45, 7) is 7.58. The number of rotatable bonds is 8. The Hall–Kier alpha value is -1.93. The molecule has 0 nitrogen and oxygen atoms in total. The molecule has 0 fully saturated rings. The monoisotopic (exact) mass is 458 g/mol. The standard InChI is InChI=1S/C8H13Si.3C7H7.Ti/c1-9(2,3)8-6-4-5-7-8;3*1-7-5-3-2-4-6-7;/h4,6H,5H2,1-3H3;3*2-6H,1H2;. The van der Waals surface area contributed by atoms with Crippen LogP contribution >= 0.6 is 0 Å². The van der Waals surface area contributed by atoms with Gasteiger partial charge in [-0.15, -0.1) is 0 Å². The zero-order valence-corrected chi connectivity index (χ0v) is 21.7. The van der Waals surface area contributed by atoms with Gasteiger partial charge in [0, 0.05) is 0 Å². The van der Waals surface area contributed by atoms with Crippen LogP contribution in [0.4, 0.5) is 0 Å². The molecule has 158 valence electrons. The van der Waals surface area contributed by atoms with E-state index in [9.17, 15) is 0 Å². The van der Waals surface area contributed by atoms with Crippen molar-refractivity contribution in [1.29, 1.82) is 0 Å². The predicted molar refractivity (Wildman–Crippen MR) is 135 cm³/mol. The molecule has 0 spiro atoms. The maximum absolute atomic E-state index is 2.60. The van der Waals surface area contributed by atoms with Crippen LogP contribution in [-0.2, 0) is 30.8 Å². The second-order valence-electron chi connectivity index (χ2n) is 10.0. The molecule has 0 atom stereocenters. The van der Waals surface area contributed by atoms with Gasteiger partial charge in [-0.2, -0.15) is 0 Å². The molecule has 0 N–H and O–H groups in total. The molecule has 0 aliphatic heterocycles. The topological polar surface area (TPSA) is 0 Å². The Labute approximate surface area is 193 Å². The van der Waals surface area contributed by atoms with Crippen molar-refractivity contribution in [3.05, 3.63) is 129 Å². The van der Waals surface area contributed by atoms with E-state index in [0.717, 1.165) is 0 Å². The maximum atomic E-state index is 2.53. The molecule has 31 heavy (non-hydrogen) atoms. The van der Waals surface area contributed by atoms with E-state index in [1.807, 2.05) is 3.88 Å². The molecule has 0 radical (unpaired) electrons. The first-order valence-electron chi connectivity index (χ1n) is 11.5. The molecule has 0 saturated heterocycles. The van der Waals surface area contributed by atoms with Gasteiger partial charge in [-0.1, -0.05) is 0 Å². The summed E-state index contributed by atoms with van der Waals surface area (Å²) in [5.74, 6) is 0. The first-order chi connectivity index (χ1) is 15.0. The van der Waals surface area contributed by atoms with Gasteiger partial charge in [0.1, 0.15) is 0 Å². The van der Waals surface area contributed by atoms with Crippen LogP contribution in [0.1, 0.15) is 23.1 Å². The van der Waals surface area contributed by atoms with E-state index in [0.29, 0.717) is 0 Å². The second kappa shape index (κ2) is 9.69. The van der Waals surface area contributed by atoms with Gasteiger partial charge in [-0.3, -0.25) is 0 Å². The van der Waals surface area contributed by atoms with Gasteiger partial charge in [0.15, 0.2) is 0 Å². The Morgan fingerprint density at radius 2 is 1.00 bits per heavy atom. The summed E-state index contributed by atoms with van der Waals surface area (Å²) in [5, 5.41) is 1.75. The second-order valence-corrected chi connectivity index (χ2v) is 21.7. The molecule has 2 heteroatoms. The van der Waals surface area contributed by atoms with Gasteiger partial charge in [-0.25, -0.2) is 0 Å². The third-order valence-electron chi connectivity index (χ3n) is 6.54. The normalized spacial score (nSPS) is 14.3. The van der Waals surface area contributed by atoms with Crippen LogP contribution in [-0.4, -0.2) is 8.07 Å². The molecular formula is C29H34SiTi. The molecule has 3 aromatic carbocycles. The van der Waals surface area contributed by atoms with Crippen LogP contribution < -0.4 is 0 Å². The molecular weight excluding hydrogens is 424 g/mol. The molecule has 0 heterocycles. The van der Waals surface area contributed by atoms with Gasteiger partial charge in [0.05, 0.1) is 0 Å². The summed E-state index contributed by atoms with van der Waals surface area (Å²) < 4.78 is 5.65. The zero-order valence-electron chi connectivity index (χ0n) is 19.1. The molecule has 0 bridgehead atoms. The average Bonchev–Trinajstić information content (AvgIpc) is 3.27. The van der Waals surface area contributed by atoms with Crippen molar-refractivity contribution >= 4 is 8.07 Å². The first kappa shape index (κ1) is 22.3. The molecule has 0 aromatic heterocycles. The number of benzene rings is 3. The van der Waals surface area contributed by atoms with Gasteiger partial charge < -0.3 is 0 Å². The van der Waals surface area contributed by atoms with Crippen molar-refractivity contribution in [3.63, 3.8) is 0 Å². The van der Waals surface area contributed by atoms with Gasteiger partial charge in [0.2, 0.25) is 0 Å². The summed E-state index contributed by atoms with van der Waals surface area (Å²) in [4.78, 5) is 0. The number of hydrogen-bond acceptors (Lipinski definition) is 0. The Balaban J connectivity index is 1.89. The van der Waals surface area contributed by atoms with E-state index in [1.54, 1.807) is 5.20 Å². The average molecular weight is 459 g/mol. The zero-order chi connectivity index (χ0) is 21.7. The van der Waals surface area contributed by atoms with E-state index in [2.05, 4.69) is 123 Å². The molecule has 3 aromatic rings. The van der Waals surface area contributed by atoms with Crippen molar-refractivity contribution in [2.24, 2.45) is 0 Å². The number of hydrogen-bond donors (Lipinski definition) is 0. The van der Waals surface area contributed by atoms with Crippen LogP contribution in [0.25, 0.3) is 0 Å². The van der Waals surface area contributed by atoms with E-state index in [1.165, 1.54) is 37.3 Å². The Bertz CT molecular complexity index is 943. The Kier molecular flexibility index (Phi) is 6.96. The van der Waals surface area contributed by atoms with Crippen LogP contribution in [0.2, 0.25) is 19.6 Å². The minimum atomic E-state index is -2.60. The van der Waals surface area contributed by atoms with Crippen LogP contribution in [0.5, 0.6) is 0 Å². The summed E-state index contributed by atoms with van der Waals surface area (Å²) >= 11 is -2.60. The van der Waals surface area contributed by atoms with Crippen LogP contribution in [0.3, 0.4) is 0 Å². The fraction of sp³-hybridized carbons (Fsp3) is 0.241. The minimum absolute atomic E-state index is 1.17. The predicted octanol–water partition coefficient (Wildman–Crippen LogP) is 7.83. The quantitative estimate of drug-likeness (QED) is 0.302. The molecule has 1 aliphatic carbocycles. The molecule has 1 aliphatic rings. The van der Waals surface area contributed by atoms with E-state index in [4.69, 9.17) is 0 Å². The molecule has 0 unspecified atom stereocenters. The van der Waals surface area contributed by atoms with Crippen molar-refractivity contribution in [3.8, 4) is 0 Å². The number of allylic oxidation sites excluding steroid dienone is 4. The third-order valence-corrected chi connectivity index (χ3v) is 16.8. The fourth-order valence-electron chi connectivity index (χ4n) is 5.18. The van der Waals surface area contributed by atoms with Crippen molar-refractivity contribution in [2.75, 3.05) is 0 Å². The van der Waals surface area contributed by atoms with E-state index in [-0.39, 0.29) is 0 Å². The van der Waals surface area contributed by atoms with Gasteiger partial charge in [-0.05, 0) is 0 Å². The van der Waals surface area contributed by atoms with E-state index >= 15 is 0 Å². The van der Waals surface area contributed by atoms with Gasteiger partial charge in [0.25, 0.3) is 0 Å². The molecule has 0 amide bonds. The third kappa shape index (κ3) is 5.47. The van der Waals surface area contributed by atoms with Crippen LogP contribution in [0, 0.1) is 0 Å². The summed E-state index contributed by atoms with van der Waals surface area (Å²) in [7, 11) is -1.41. The molecule has 4 rings (SSSR count). The SMILES string of the molecule is C[Si](C)(C)C1=[C]([Ti]([CH2]c2ccccc2)([CH2]c2ccccc2)[CH2]c2ccccc2)CC=C1. The van der Waals surface area contributed by atoms with Gasteiger partial charge >= 0.3 is 194 Å².